The van der Waals surface area contributed by atoms with Crippen molar-refractivity contribution in [1.82, 2.24) is 0 Å². The van der Waals surface area contributed by atoms with Crippen LogP contribution in [-0.2, 0) is 6.61 Å². The summed E-state index contributed by atoms with van der Waals surface area (Å²) in [6, 6.07) is 8.05. The molecule has 0 fully saturated rings. The summed E-state index contributed by atoms with van der Waals surface area (Å²) in [5, 5.41) is 10.6. The topological polar surface area (TPSA) is 29.5 Å². The standard InChI is InChI=1S/C13H8Cl4O2/c14-8-3-1-2-7(6-18)13(8)19-12-5-10(16)9(15)4-11(12)17/h1-5,18H,6H2. The normalized spacial score (nSPS) is 10.6. The zero-order valence-electron chi connectivity index (χ0n) is 9.46. The average molecular weight is 338 g/mol. The second-order valence-corrected chi connectivity index (χ2v) is 5.31. The number of hydrogen-bond acceptors (Lipinski definition) is 2. The Balaban J connectivity index is 2.44. The van der Waals surface area contributed by atoms with Crippen LogP contribution >= 0.6 is 46.4 Å². The van der Waals surface area contributed by atoms with Crippen molar-refractivity contribution in [3.05, 3.63) is 56.0 Å². The van der Waals surface area contributed by atoms with Crippen molar-refractivity contribution in [1.29, 1.82) is 0 Å². The molecule has 0 heterocycles. The molecule has 1 N–H and O–H groups in total. The van der Waals surface area contributed by atoms with E-state index in [9.17, 15) is 5.11 Å². The van der Waals surface area contributed by atoms with Gasteiger partial charge in [-0.1, -0.05) is 58.5 Å². The van der Waals surface area contributed by atoms with Gasteiger partial charge in [0.05, 0.1) is 26.7 Å². The van der Waals surface area contributed by atoms with Crippen LogP contribution in [0.3, 0.4) is 0 Å². The molecule has 0 unspecified atom stereocenters. The number of aliphatic hydroxyl groups excluding tert-OH is 1. The van der Waals surface area contributed by atoms with Crippen molar-refractivity contribution in [2.45, 2.75) is 6.61 Å². The summed E-state index contributed by atoms with van der Waals surface area (Å²) >= 11 is 23.8. The van der Waals surface area contributed by atoms with E-state index >= 15 is 0 Å². The van der Waals surface area contributed by atoms with Crippen molar-refractivity contribution in [3.8, 4) is 11.5 Å². The van der Waals surface area contributed by atoms with Crippen LogP contribution < -0.4 is 4.74 Å². The summed E-state index contributed by atoms with van der Waals surface area (Å²) in [6.07, 6.45) is 0. The number of aliphatic hydroxyl groups is 1. The highest BCUT2D eigenvalue weighted by Gasteiger charge is 2.13. The summed E-state index contributed by atoms with van der Waals surface area (Å²) in [5.41, 5.74) is 0.551. The van der Waals surface area contributed by atoms with Gasteiger partial charge < -0.3 is 9.84 Å². The fourth-order valence-electron chi connectivity index (χ4n) is 1.48. The number of hydrogen-bond donors (Lipinski definition) is 1. The number of ether oxygens (including phenoxy) is 1. The van der Waals surface area contributed by atoms with Crippen molar-refractivity contribution in [2.24, 2.45) is 0 Å². The lowest BCUT2D eigenvalue weighted by molar-refractivity contribution is 0.276. The fraction of sp³-hybridized carbons (Fsp3) is 0.0769. The summed E-state index contributed by atoms with van der Waals surface area (Å²) in [6.45, 7) is -0.200. The van der Waals surface area contributed by atoms with Gasteiger partial charge in [0.1, 0.15) is 5.75 Å². The number of rotatable bonds is 3. The average Bonchev–Trinajstić information content (AvgIpc) is 2.38. The number of benzene rings is 2. The highest BCUT2D eigenvalue weighted by molar-refractivity contribution is 6.43. The van der Waals surface area contributed by atoms with Gasteiger partial charge in [0.2, 0.25) is 0 Å². The Kier molecular flexibility index (Phi) is 4.82. The van der Waals surface area contributed by atoms with Gasteiger partial charge in [-0.05, 0) is 12.1 Å². The molecule has 0 aromatic heterocycles. The first-order valence-corrected chi connectivity index (χ1v) is 6.74. The van der Waals surface area contributed by atoms with Gasteiger partial charge >= 0.3 is 0 Å². The molecule has 2 aromatic rings. The molecular formula is C13H8Cl4O2. The van der Waals surface area contributed by atoms with Gasteiger partial charge in [0.15, 0.2) is 5.75 Å². The van der Waals surface area contributed by atoms with Crippen LogP contribution in [0.2, 0.25) is 20.1 Å². The van der Waals surface area contributed by atoms with Crippen LogP contribution in [0.5, 0.6) is 11.5 Å². The lowest BCUT2D eigenvalue weighted by Gasteiger charge is -2.13. The molecule has 0 bridgehead atoms. The molecule has 0 atom stereocenters. The van der Waals surface area contributed by atoms with E-state index in [1.54, 1.807) is 18.2 Å². The quantitative estimate of drug-likeness (QED) is 0.740. The van der Waals surface area contributed by atoms with Gasteiger partial charge in [-0.25, -0.2) is 0 Å². The Morgan fingerprint density at radius 2 is 1.58 bits per heavy atom. The maximum atomic E-state index is 9.27. The maximum absolute atomic E-state index is 9.27. The molecule has 0 spiro atoms. The summed E-state index contributed by atoms with van der Waals surface area (Å²) in [7, 11) is 0. The molecular weight excluding hydrogens is 330 g/mol. The van der Waals surface area contributed by atoms with Gasteiger partial charge in [-0.3, -0.25) is 0 Å². The van der Waals surface area contributed by atoms with Crippen molar-refractivity contribution in [3.63, 3.8) is 0 Å². The molecule has 2 nitrogen and oxygen atoms in total. The zero-order valence-corrected chi connectivity index (χ0v) is 12.5. The molecule has 0 saturated heterocycles. The highest BCUT2D eigenvalue weighted by Crippen LogP contribution is 2.39. The molecule has 2 rings (SSSR count). The van der Waals surface area contributed by atoms with Gasteiger partial charge in [0.25, 0.3) is 0 Å². The van der Waals surface area contributed by atoms with E-state index < -0.39 is 0 Å². The Labute approximate surface area is 130 Å². The molecule has 0 amide bonds. The molecule has 0 radical (unpaired) electrons. The minimum absolute atomic E-state index is 0.200. The van der Waals surface area contributed by atoms with E-state index in [1.165, 1.54) is 12.1 Å². The second-order valence-electron chi connectivity index (χ2n) is 3.68. The van der Waals surface area contributed by atoms with E-state index in [-0.39, 0.29) is 6.61 Å². The SMILES string of the molecule is OCc1cccc(Cl)c1Oc1cc(Cl)c(Cl)cc1Cl. The Morgan fingerprint density at radius 1 is 0.895 bits per heavy atom. The minimum Gasteiger partial charge on any atom is -0.454 e. The van der Waals surface area contributed by atoms with Crippen LogP contribution in [0, 0.1) is 0 Å². The minimum atomic E-state index is -0.200. The van der Waals surface area contributed by atoms with Crippen molar-refractivity contribution >= 4 is 46.4 Å². The number of para-hydroxylation sites is 1. The molecule has 0 aliphatic rings. The van der Waals surface area contributed by atoms with E-state index in [0.717, 1.165) is 0 Å². The fourth-order valence-corrected chi connectivity index (χ4v) is 2.29. The first-order chi connectivity index (χ1) is 9.02. The smallest absolute Gasteiger partial charge is 0.151 e. The molecule has 0 aliphatic carbocycles. The third-order valence-electron chi connectivity index (χ3n) is 2.41. The van der Waals surface area contributed by atoms with Crippen LogP contribution in [0.1, 0.15) is 5.56 Å². The monoisotopic (exact) mass is 336 g/mol. The van der Waals surface area contributed by atoms with E-state index in [4.69, 9.17) is 51.1 Å². The summed E-state index contributed by atoms with van der Waals surface area (Å²) in [5.74, 6) is 0.658. The predicted molar refractivity (Wildman–Crippen MR) is 78.9 cm³/mol. The van der Waals surface area contributed by atoms with Crippen LogP contribution in [0.4, 0.5) is 0 Å². The first kappa shape index (κ1) is 14.8. The second kappa shape index (κ2) is 6.21. The third-order valence-corrected chi connectivity index (χ3v) is 3.72. The van der Waals surface area contributed by atoms with Gasteiger partial charge in [0, 0.05) is 11.6 Å². The van der Waals surface area contributed by atoms with Gasteiger partial charge in [-0.15, -0.1) is 0 Å². The van der Waals surface area contributed by atoms with Crippen LogP contribution in [-0.4, -0.2) is 5.11 Å². The van der Waals surface area contributed by atoms with Gasteiger partial charge in [-0.2, -0.15) is 0 Å². The lowest BCUT2D eigenvalue weighted by Crippen LogP contribution is -1.93. The van der Waals surface area contributed by atoms with E-state index in [0.29, 0.717) is 37.2 Å². The summed E-state index contributed by atoms with van der Waals surface area (Å²) in [4.78, 5) is 0. The van der Waals surface area contributed by atoms with Crippen molar-refractivity contribution in [2.75, 3.05) is 0 Å². The Bertz CT molecular complexity index is 614. The largest absolute Gasteiger partial charge is 0.454 e. The molecule has 0 aliphatic heterocycles. The molecule has 19 heavy (non-hydrogen) atoms. The summed E-state index contributed by atoms with van der Waals surface area (Å²) < 4.78 is 5.63. The Hall–Kier alpha value is -0.640. The molecule has 6 heteroatoms. The number of halogens is 4. The molecule has 100 valence electrons. The van der Waals surface area contributed by atoms with E-state index in [2.05, 4.69) is 0 Å². The highest BCUT2D eigenvalue weighted by atomic mass is 35.5. The lowest BCUT2D eigenvalue weighted by atomic mass is 10.2. The maximum Gasteiger partial charge on any atom is 0.151 e. The zero-order chi connectivity index (χ0) is 14.0. The Morgan fingerprint density at radius 3 is 2.26 bits per heavy atom. The first-order valence-electron chi connectivity index (χ1n) is 5.23. The van der Waals surface area contributed by atoms with Crippen molar-refractivity contribution < 1.29 is 9.84 Å². The third kappa shape index (κ3) is 3.28. The predicted octanol–water partition coefficient (Wildman–Crippen LogP) is 5.58. The van der Waals surface area contributed by atoms with Crippen LogP contribution in [0.25, 0.3) is 0 Å². The molecule has 2 aromatic carbocycles. The van der Waals surface area contributed by atoms with E-state index in [1.807, 2.05) is 0 Å². The molecule has 0 saturated carbocycles. The van der Waals surface area contributed by atoms with Crippen LogP contribution in [0.15, 0.2) is 30.3 Å².